The third-order valence-corrected chi connectivity index (χ3v) is 5.96. The molecule has 7 heteroatoms. The molecular weight excluding hydrogens is 484 g/mol. The van der Waals surface area contributed by atoms with Crippen LogP contribution in [-0.2, 0) is 0 Å². The third kappa shape index (κ3) is 4.97. The molecule has 0 aliphatic rings. The van der Waals surface area contributed by atoms with E-state index in [0.717, 1.165) is 0 Å². The summed E-state index contributed by atoms with van der Waals surface area (Å²) in [6.45, 7) is 1.63. The van der Waals surface area contributed by atoms with Gasteiger partial charge in [-0.3, -0.25) is 9.59 Å². The first kappa shape index (κ1) is 26.1. The highest BCUT2D eigenvalue weighted by Crippen LogP contribution is 2.39. The molecule has 0 N–H and O–H groups in total. The van der Waals surface area contributed by atoms with Crippen LogP contribution in [0, 0.1) is 19.3 Å². The number of methoxy groups -OCH3 is 3. The number of benzene rings is 3. The number of carbonyl (C=O) groups is 1. The highest BCUT2D eigenvalue weighted by atomic mass is 16.5. The Morgan fingerprint density at radius 2 is 1.66 bits per heavy atom. The molecule has 0 aliphatic heterocycles. The summed E-state index contributed by atoms with van der Waals surface area (Å²) in [4.78, 5) is 26.9. The van der Waals surface area contributed by atoms with Crippen LogP contribution in [0.2, 0.25) is 0 Å². The Bertz CT molecular complexity index is 1600. The van der Waals surface area contributed by atoms with Gasteiger partial charge in [-0.2, -0.15) is 0 Å². The SMILES string of the molecule is C#CCOc1ccc2c(=O)c(C)c(-c3ccccc3)oc2c1C(=O)/C=C/c1cc(OC)c(OC)c(OC)c1. The molecule has 0 aliphatic carbocycles. The molecule has 3 aromatic carbocycles. The first-order valence-electron chi connectivity index (χ1n) is 11.7. The molecule has 0 spiro atoms. The number of hydrogen-bond acceptors (Lipinski definition) is 7. The Balaban J connectivity index is 1.89. The van der Waals surface area contributed by atoms with Crippen molar-refractivity contribution in [1.82, 2.24) is 0 Å². The molecule has 0 saturated carbocycles. The van der Waals surface area contributed by atoms with Crippen molar-refractivity contribution >= 4 is 22.8 Å². The minimum Gasteiger partial charge on any atom is -0.493 e. The van der Waals surface area contributed by atoms with E-state index in [9.17, 15) is 9.59 Å². The smallest absolute Gasteiger partial charge is 0.203 e. The molecule has 0 radical (unpaired) electrons. The topological polar surface area (TPSA) is 84.2 Å². The third-order valence-electron chi connectivity index (χ3n) is 5.96. The summed E-state index contributed by atoms with van der Waals surface area (Å²) in [6, 6.07) is 15.8. The first-order chi connectivity index (χ1) is 18.4. The Labute approximate surface area is 220 Å². The molecule has 192 valence electrons. The summed E-state index contributed by atoms with van der Waals surface area (Å²) < 4.78 is 28.1. The second-order valence-electron chi connectivity index (χ2n) is 8.22. The second-order valence-corrected chi connectivity index (χ2v) is 8.22. The highest BCUT2D eigenvalue weighted by Gasteiger charge is 2.22. The number of ether oxygens (including phenoxy) is 4. The van der Waals surface area contributed by atoms with Gasteiger partial charge in [-0.05, 0) is 42.8 Å². The quantitative estimate of drug-likeness (QED) is 0.162. The standard InChI is InChI=1S/C31H26O7/c1-6-16-37-24-15-13-22-28(33)19(2)29(21-10-8-7-9-11-21)38-30(22)27(24)23(32)14-12-20-17-25(34-3)31(36-5)26(18-20)35-4/h1,7-15,17-18H,16H2,2-5H3/b14-12+. The van der Waals surface area contributed by atoms with Crippen molar-refractivity contribution in [3.63, 3.8) is 0 Å². The van der Waals surface area contributed by atoms with Gasteiger partial charge in [0.05, 0.1) is 26.7 Å². The molecular formula is C31H26O7. The Hall–Kier alpha value is -4.96. The number of allylic oxidation sites excluding steroid dienone is 1. The van der Waals surface area contributed by atoms with Gasteiger partial charge in [0.1, 0.15) is 23.7 Å². The van der Waals surface area contributed by atoms with Gasteiger partial charge in [-0.1, -0.05) is 42.3 Å². The van der Waals surface area contributed by atoms with E-state index in [1.165, 1.54) is 27.4 Å². The zero-order valence-corrected chi connectivity index (χ0v) is 21.5. The van der Waals surface area contributed by atoms with Crippen molar-refractivity contribution in [2.24, 2.45) is 0 Å². The van der Waals surface area contributed by atoms with Crippen molar-refractivity contribution in [2.45, 2.75) is 6.92 Å². The summed E-state index contributed by atoms with van der Waals surface area (Å²) in [6.07, 6.45) is 8.35. The molecule has 1 aromatic heterocycles. The normalized spacial score (nSPS) is 10.8. The monoisotopic (exact) mass is 510 g/mol. The molecule has 0 fully saturated rings. The number of terminal acetylenes is 1. The highest BCUT2D eigenvalue weighted by molar-refractivity contribution is 6.15. The van der Waals surface area contributed by atoms with E-state index in [2.05, 4.69) is 5.92 Å². The Kier molecular flexibility index (Phi) is 7.83. The average Bonchev–Trinajstić information content (AvgIpc) is 2.95. The van der Waals surface area contributed by atoms with Crippen LogP contribution in [0.15, 0.2) is 69.9 Å². The molecule has 0 amide bonds. The zero-order chi connectivity index (χ0) is 27.2. The second kappa shape index (κ2) is 11.4. The van der Waals surface area contributed by atoms with Crippen molar-refractivity contribution in [3.05, 3.63) is 87.6 Å². The van der Waals surface area contributed by atoms with E-state index >= 15 is 0 Å². The van der Waals surface area contributed by atoms with E-state index in [-0.39, 0.29) is 34.3 Å². The minimum atomic E-state index is -0.442. The summed E-state index contributed by atoms with van der Waals surface area (Å²) in [5.41, 5.74) is 1.75. The molecule has 1 heterocycles. The molecule has 0 saturated heterocycles. The Morgan fingerprint density at radius 3 is 2.26 bits per heavy atom. The zero-order valence-electron chi connectivity index (χ0n) is 21.5. The average molecular weight is 511 g/mol. The molecule has 0 unspecified atom stereocenters. The maximum Gasteiger partial charge on any atom is 0.203 e. The molecule has 0 bridgehead atoms. The van der Waals surface area contributed by atoms with Gasteiger partial charge >= 0.3 is 0 Å². The predicted molar refractivity (Wildman–Crippen MR) is 146 cm³/mol. The minimum absolute atomic E-state index is 0.0655. The van der Waals surface area contributed by atoms with E-state index < -0.39 is 5.78 Å². The van der Waals surface area contributed by atoms with Crippen LogP contribution in [0.3, 0.4) is 0 Å². The van der Waals surface area contributed by atoms with Crippen LogP contribution in [0.5, 0.6) is 23.0 Å². The maximum absolute atomic E-state index is 13.6. The lowest BCUT2D eigenvalue weighted by Crippen LogP contribution is -2.11. The molecule has 0 atom stereocenters. The van der Waals surface area contributed by atoms with Crippen molar-refractivity contribution in [2.75, 3.05) is 27.9 Å². The lowest BCUT2D eigenvalue weighted by Gasteiger charge is -2.13. The van der Waals surface area contributed by atoms with E-state index in [4.69, 9.17) is 29.8 Å². The lowest BCUT2D eigenvalue weighted by molar-refractivity contribution is 0.104. The van der Waals surface area contributed by atoms with Crippen LogP contribution in [-0.4, -0.2) is 33.7 Å². The van der Waals surface area contributed by atoms with Crippen LogP contribution < -0.4 is 24.4 Å². The van der Waals surface area contributed by atoms with Gasteiger partial charge < -0.3 is 23.4 Å². The van der Waals surface area contributed by atoms with Crippen LogP contribution in [0.25, 0.3) is 28.4 Å². The fourth-order valence-corrected chi connectivity index (χ4v) is 4.12. The lowest BCUT2D eigenvalue weighted by atomic mass is 10.0. The summed E-state index contributed by atoms with van der Waals surface area (Å²) in [7, 11) is 4.53. The van der Waals surface area contributed by atoms with E-state index in [1.807, 2.05) is 30.3 Å². The fraction of sp³-hybridized carbons (Fsp3) is 0.161. The number of rotatable bonds is 9. The van der Waals surface area contributed by atoms with Gasteiger partial charge in [-0.15, -0.1) is 6.42 Å². The van der Waals surface area contributed by atoms with E-state index in [0.29, 0.717) is 39.7 Å². The predicted octanol–water partition coefficient (Wildman–Crippen LogP) is 5.70. The number of hydrogen-bond donors (Lipinski definition) is 0. The molecule has 38 heavy (non-hydrogen) atoms. The van der Waals surface area contributed by atoms with E-state index in [1.54, 1.807) is 37.3 Å². The largest absolute Gasteiger partial charge is 0.493 e. The van der Waals surface area contributed by atoms with Crippen molar-refractivity contribution < 1.29 is 28.2 Å². The first-order valence-corrected chi connectivity index (χ1v) is 11.7. The van der Waals surface area contributed by atoms with Gasteiger partial charge in [-0.25, -0.2) is 0 Å². The van der Waals surface area contributed by atoms with Gasteiger partial charge in [0, 0.05) is 11.1 Å². The summed E-state index contributed by atoms with van der Waals surface area (Å²) in [5.74, 6) is 3.86. The van der Waals surface area contributed by atoms with Gasteiger partial charge in [0.15, 0.2) is 28.3 Å². The molecule has 7 nitrogen and oxygen atoms in total. The number of carbonyl (C=O) groups excluding carboxylic acids is 1. The number of ketones is 1. The van der Waals surface area contributed by atoms with Crippen LogP contribution in [0.4, 0.5) is 0 Å². The molecule has 4 rings (SSSR count). The maximum atomic E-state index is 13.6. The summed E-state index contributed by atoms with van der Waals surface area (Å²) in [5, 5.41) is 0.264. The Morgan fingerprint density at radius 1 is 0.974 bits per heavy atom. The summed E-state index contributed by atoms with van der Waals surface area (Å²) >= 11 is 0. The van der Waals surface area contributed by atoms with Gasteiger partial charge in [0.2, 0.25) is 5.75 Å². The van der Waals surface area contributed by atoms with Crippen molar-refractivity contribution in [3.8, 4) is 46.7 Å². The van der Waals surface area contributed by atoms with Crippen molar-refractivity contribution in [1.29, 1.82) is 0 Å². The fourth-order valence-electron chi connectivity index (χ4n) is 4.12. The number of fused-ring (bicyclic) bond motifs is 1. The van der Waals surface area contributed by atoms with Crippen LogP contribution in [0.1, 0.15) is 21.5 Å². The van der Waals surface area contributed by atoms with Crippen LogP contribution >= 0.6 is 0 Å². The van der Waals surface area contributed by atoms with Gasteiger partial charge in [0.25, 0.3) is 0 Å². The molecule has 4 aromatic rings.